The Morgan fingerprint density at radius 1 is 1.04 bits per heavy atom. The summed E-state index contributed by atoms with van der Waals surface area (Å²) < 4.78 is 5.15. The average molecular weight is 341 g/mol. The molecule has 0 aliphatic carbocycles. The van der Waals surface area contributed by atoms with Gasteiger partial charge in [-0.2, -0.15) is 0 Å². The van der Waals surface area contributed by atoms with Crippen molar-refractivity contribution in [2.45, 2.75) is 6.42 Å². The number of aliphatic carboxylic acids is 1. The van der Waals surface area contributed by atoms with Crippen molar-refractivity contribution < 1.29 is 14.6 Å². The summed E-state index contributed by atoms with van der Waals surface area (Å²) >= 11 is 0. The van der Waals surface area contributed by atoms with Gasteiger partial charge in [0.2, 0.25) is 0 Å². The first-order valence-electron chi connectivity index (χ1n) is 8.51. The molecule has 0 bridgehead atoms. The largest absolute Gasteiger partial charge is 0.482 e. The van der Waals surface area contributed by atoms with Gasteiger partial charge in [-0.15, -0.1) is 0 Å². The summed E-state index contributed by atoms with van der Waals surface area (Å²) in [5.41, 5.74) is 2.48. The van der Waals surface area contributed by atoms with Crippen LogP contribution in [0.1, 0.15) is 5.56 Å². The summed E-state index contributed by atoms with van der Waals surface area (Å²) in [6.45, 7) is 4.91. The fraction of sp³-hybridized carbons (Fsp3) is 0.368. The van der Waals surface area contributed by atoms with Crippen molar-refractivity contribution in [2.75, 3.05) is 44.2 Å². The molecule has 132 valence electrons. The van der Waals surface area contributed by atoms with Crippen molar-refractivity contribution in [3.63, 3.8) is 0 Å². The molecule has 25 heavy (non-hydrogen) atoms. The van der Waals surface area contributed by atoms with Gasteiger partial charge in [-0.3, -0.25) is 9.88 Å². The van der Waals surface area contributed by atoms with Crippen molar-refractivity contribution >= 4 is 11.7 Å². The Labute approximate surface area is 147 Å². The van der Waals surface area contributed by atoms with Crippen molar-refractivity contribution in [3.05, 3.63) is 54.4 Å². The molecular formula is C19H23N3O3. The number of hydrogen-bond acceptors (Lipinski definition) is 5. The SMILES string of the molecule is O=C(O)COc1ccc(CCN2CCN(c3ccncc3)CC2)cc1. The molecule has 1 aliphatic heterocycles. The maximum absolute atomic E-state index is 10.5. The quantitative estimate of drug-likeness (QED) is 0.830. The Morgan fingerprint density at radius 2 is 1.72 bits per heavy atom. The van der Waals surface area contributed by atoms with Crippen LogP contribution in [-0.2, 0) is 11.2 Å². The Balaban J connectivity index is 1.41. The van der Waals surface area contributed by atoms with E-state index in [1.807, 2.05) is 36.7 Å². The lowest BCUT2D eigenvalue weighted by molar-refractivity contribution is -0.139. The first-order chi connectivity index (χ1) is 12.2. The van der Waals surface area contributed by atoms with Gasteiger partial charge >= 0.3 is 5.97 Å². The Kier molecular flexibility index (Phi) is 5.85. The predicted molar refractivity (Wildman–Crippen MR) is 96.2 cm³/mol. The van der Waals surface area contributed by atoms with E-state index < -0.39 is 5.97 Å². The highest BCUT2D eigenvalue weighted by atomic mass is 16.5. The van der Waals surface area contributed by atoms with Gasteiger partial charge in [-0.1, -0.05) is 12.1 Å². The lowest BCUT2D eigenvalue weighted by Gasteiger charge is -2.36. The fourth-order valence-corrected chi connectivity index (χ4v) is 2.97. The van der Waals surface area contributed by atoms with E-state index in [4.69, 9.17) is 9.84 Å². The van der Waals surface area contributed by atoms with E-state index in [1.165, 1.54) is 11.3 Å². The van der Waals surface area contributed by atoms with E-state index in [9.17, 15) is 4.79 Å². The van der Waals surface area contributed by atoms with Crippen molar-refractivity contribution in [3.8, 4) is 5.75 Å². The summed E-state index contributed by atoms with van der Waals surface area (Å²) in [6.07, 6.45) is 4.66. The molecule has 1 aliphatic rings. The third kappa shape index (κ3) is 5.19. The van der Waals surface area contributed by atoms with Gasteiger partial charge in [0.1, 0.15) is 5.75 Å². The molecule has 0 atom stereocenters. The molecule has 6 heteroatoms. The Bertz CT molecular complexity index is 668. The number of aromatic nitrogens is 1. The summed E-state index contributed by atoms with van der Waals surface area (Å²) in [4.78, 5) is 19.4. The van der Waals surface area contributed by atoms with Crippen molar-refractivity contribution in [1.29, 1.82) is 0 Å². The zero-order valence-corrected chi connectivity index (χ0v) is 14.2. The molecular weight excluding hydrogens is 318 g/mol. The molecule has 6 nitrogen and oxygen atoms in total. The van der Waals surface area contributed by atoms with Crippen LogP contribution >= 0.6 is 0 Å². The van der Waals surface area contributed by atoms with Crippen LogP contribution in [0.15, 0.2) is 48.8 Å². The van der Waals surface area contributed by atoms with E-state index in [-0.39, 0.29) is 6.61 Å². The smallest absolute Gasteiger partial charge is 0.341 e. The normalized spacial score (nSPS) is 15.1. The molecule has 0 unspecified atom stereocenters. The number of anilines is 1. The number of carboxylic acid groups (broad SMARTS) is 1. The maximum Gasteiger partial charge on any atom is 0.341 e. The number of benzene rings is 1. The van der Waals surface area contributed by atoms with Crippen LogP contribution in [0.4, 0.5) is 5.69 Å². The van der Waals surface area contributed by atoms with Gasteiger partial charge in [0.05, 0.1) is 0 Å². The molecule has 0 saturated carbocycles. The van der Waals surface area contributed by atoms with Gasteiger partial charge in [-0.25, -0.2) is 4.79 Å². The molecule has 0 amide bonds. The van der Waals surface area contributed by atoms with Gasteiger partial charge in [0, 0.05) is 50.8 Å². The van der Waals surface area contributed by atoms with Crippen LogP contribution in [0.2, 0.25) is 0 Å². The lowest BCUT2D eigenvalue weighted by Crippen LogP contribution is -2.47. The lowest BCUT2D eigenvalue weighted by atomic mass is 10.1. The van der Waals surface area contributed by atoms with E-state index in [0.29, 0.717) is 5.75 Å². The minimum absolute atomic E-state index is 0.304. The van der Waals surface area contributed by atoms with Gasteiger partial charge in [0.25, 0.3) is 0 Å². The Morgan fingerprint density at radius 3 is 2.36 bits per heavy atom. The molecule has 1 aromatic heterocycles. The standard InChI is InChI=1S/C19H23N3O3/c23-19(24)15-25-18-3-1-16(2-4-18)7-10-21-11-13-22(14-12-21)17-5-8-20-9-6-17/h1-6,8-9H,7,10-15H2,(H,23,24). The van der Waals surface area contributed by atoms with Crippen molar-refractivity contribution in [1.82, 2.24) is 9.88 Å². The number of carbonyl (C=O) groups is 1. The summed E-state index contributed by atoms with van der Waals surface area (Å²) in [5.74, 6) is -0.368. The minimum Gasteiger partial charge on any atom is -0.482 e. The topological polar surface area (TPSA) is 65.9 Å². The molecule has 3 rings (SSSR count). The molecule has 2 heterocycles. The number of piperazine rings is 1. The third-order valence-electron chi connectivity index (χ3n) is 4.40. The van der Waals surface area contributed by atoms with Crippen LogP contribution in [-0.4, -0.2) is 60.3 Å². The third-order valence-corrected chi connectivity index (χ3v) is 4.40. The number of carboxylic acids is 1. The molecule has 0 spiro atoms. The molecule has 1 fully saturated rings. The summed E-state index contributed by atoms with van der Waals surface area (Å²) in [7, 11) is 0. The van der Waals surface area contributed by atoms with E-state index in [2.05, 4.69) is 26.9 Å². The second-order valence-electron chi connectivity index (χ2n) is 6.11. The van der Waals surface area contributed by atoms with E-state index >= 15 is 0 Å². The molecule has 2 aromatic rings. The highest BCUT2D eigenvalue weighted by molar-refractivity contribution is 5.68. The summed E-state index contributed by atoms with van der Waals surface area (Å²) in [5, 5.41) is 8.61. The Hall–Kier alpha value is -2.60. The predicted octanol–water partition coefficient (Wildman–Crippen LogP) is 1.91. The number of pyridine rings is 1. The minimum atomic E-state index is -0.963. The fourth-order valence-electron chi connectivity index (χ4n) is 2.97. The van der Waals surface area contributed by atoms with Crippen LogP contribution in [0.3, 0.4) is 0 Å². The molecule has 0 radical (unpaired) electrons. The maximum atomic E-state index is 10.5. The van der Waals surface area contributed by atoms with Gasteiger partial charge in [0.15, 0.2) is 6.61 Å². The highest BCUT2D eigenvalue weighted by Crippen LogP contribution is 2.16. The average Bonchev–Trinajstić information content (AvgIpc) is 2.66. The van der Waals surface area contributed by atoms with Gasteiger partial charge in [-0.05, 0) is 36.2 Å². The molecule has 1 N–H and O–H groups in total. The summed E-state index contributed by atoms with van der Waals surface area (Å²) in [6, 6.07) is 11.8. The van der Waals surface area contributed by atoms with Crippen LogP contribution in [0.5, 0.6) is 5.75 Å². The van der Waals surface area contributed by atoms with E-state index in [1.54, 1.807) is 0 Å². The van der Waals surface area contributed by atoms with Crippen LogP contribution < -0.4 is 9.64 Å². The monoisotopic (exact) mass is 341 g/mol. The number of rotatable bonds is 7. The molecule has 1 saturated heterocycles. The van der Waals surface area contributed by atoms with Crippen molar-refractivity contribution in [2.24, 2.45) is 0 Å². The number of hydrogen-bond donors (Lipinski definition) is 1. The highest BCUT2D eigenvalue weighted by Gasteiger charge is 2.16. The molecule has 1 aromatic carbocycles. The number of ether oxygens (including phenoxy) is 1. The van der Waals surface area contributed by atoms with Gasteiger partial charge < -0.3 is 14.7 Å². The van der Waals surface area contributed by atoms with Crippen LogP contribution in [0, 0.1) is 0 Å². The first kappa shape index (κ1) is 17.2. The second-order valence-corrected chi connectivity index (χ2v) is 6.11. The zero-order chi connectivity index (χ0) is 17.5. The zero-order valence-electron chi connectivity index (χ0n) is 14.2. The number of nitrogens with zero attached hydrogens (tertiary/aromatic N) is 3. The van der Waals surface area contributed by atoms with Crippen LogP contribution in [0.25, 0.3) is 0 Å². The second kappa shape index (κ2) is 8.48. The first-order valence-corrected chi connectivity index (χ1v) is 8.51. The van der Waals surface area contributed by atoms with E-state index in [0.717, 1.165) is 39.1 Å².